The van der Waals surface area contributed by atoms with Crippen LogP contribution in [0.1, 0.15) is 27.8 Å². The van der Waals surface area contributed by atoms with Gasteiger partial charge in [-0.2, -0.15) is 0 Å². The number of benzene rings is 2. The molecule has 0 radical (unpaired) electrons. The Labute approximate surface area is 125 Å². The van der Waals surface area contributed by atoms with Gasteiger partial charge in [-0.3, -0.25) is 10.1 Å². The van der Waals surface area contributed by atoms with Gasteiger partial charge in [-0.15, -0.1) is 0 Å². The minimum atomic E-state index is -0.337. The molecule has 0 fully saturated rings. The average Bonchev–Trinajstić information content (AvgIpc) is 2.36. The van der Waals surface area contributed by atoms with E-state index in [1.807, 2.05) is 13.0 Å². The van der Waals surface area contributed by atoms with Crippen molar-refractivity contribution in [2.24, 2.45) is 0 Å². The quantitative estimate of drug-likeness (QED) is 0.667. The minimum absolute atomic E-state index is 0.156. The van der Waals surface area contributed by atoms with Gasteiger partial charge >= 0.3 is 0 Å². The average molecular weight is 284 g/mol. The summed E-state index contributed by atoms with van der Waals surface area (Å²) < 4.78 is 0. The second kappa shape index (κ2) is 5.95. The van der Waals surface area contributed by atoms with Gasteiger partial charge < -0.3 is 5.32 Å². The Morgan fingerprint density at radius 1 is 0.952 bits per heavy atom. The van der Waals surface area contributed by atoms with Gasteiger partial charge in [0, 0.05) is 23.9 Å². The highest BCUT2D eigenvalue weighted by Crippen LogP contribution is 2.26. The fourth-order valence-electron chi connectivity index (χ4n) is 2.60. The van der Waals surface area contributed by atoms with Gasteiger partial charge in [0.15, 0.2) is 0 Å². The van der Waals surface area contributed by atoms with E-state index in [1.165, 1.54) is 16.7 Å². The summed E-state index contributed by atoms with van der Waals surface area (Å²) in [5.74, 6) is 0. The highest BCUT2D eigenvalue weighted by Gasteiger charge is 2.13. The highest BCUT2D eigenvalue weighted by atomic mass is 16.6. The van der Waals surface area contributed by atoms with E-state index in [0.29, 0.717) is 12.1 Å². The zero-order valence-corrected chi connectivity index (χ0v) is 12.9. The molecule has 21 heavy (non-hydrogen) atoms. The molecule has 0 heterocycles. The van der Waals surface area contributed by atoms with Crippen molar-refractivity contribution < 1.29 is 4.92 Å². The van der Waals surface area contributed by atoms with Crippen LogP contribution in [0, 0.1) is 37.8 Å². The molecule has 0 unspecified atom stereocenters. The van der Waals surface area contributed by atoms with Crippen LogP contribution in [0.15, 0.2) is 30.3 Å². The third kappa shape index (κ3) is 3.60. The fourth-order valence-corrected chi connectivity index (χ4v) is 2.60. The first kappa shape index (κ1) is 15.0. The lowest BCUT2D eigenvalue weighted by molar-refractivity contribution is -0.385. The molecule has 0 spiro atoms. The van der Waals surface area contributed by atoms with Crippen LogP contribution >= 0.6 is 0 Å². The van der Waals surface area contributed by atoms with E-state index >= 15 is 0 Å². The largest absolute Gasteiger partial charge is 0.381 e. The smallest absolute Gasteiger partial charge is 0.274 e. The third-order valence-electron chi connectivity index (χ3n) is 3.50. The van der Waals surface area contributed by atoms with Gasteiger partial charge in [-0.05, 0) is 44.9 Å². The molecule has 0 aliphatic rings. The Morgan fingerprint density at radius 3 is 2.14 bits per heavy atom. The Kier molecular flexibility index (Phi) is 4.26. The molecule has 0 saturated carbocycles. The summed E-state index contributed by atoms with van der Waals surface area (Å²) in [7, 11) is 0. The van der Waals surface area contributed by atoms with Crippen LogP contribution in [0.3, 0.4) is 0 Å². The Morgan fingerprint density at radius 2 is 1.57 bits per heavy atom. The van der Waals surface area contributed by atoms with E-state index in [9.17, 15) is 10.1 Å². The zero-order chi connectivity index (χ0) is 15.6. The second-order valence-electron chi connectivity index (χ2n) is 5.56. The molecule has 2 aromatic rings. The Bertz CT molecular complexity index is 673. The molecule has 1 N–H and O–H groups in total. The van der Waals surface area contributed by atoms with Crippen LogP contribution in [-0.2, 0) is 6.54 Å². The van der Waals surface area contributed by atoms with E-state index in [2.05, 4.69) is 37.4 Å². The second-order valence-corrected chi connectivity index (χ2v) is 5.56. The molecule has 0 atom stereocenters. The summed E-state index contributed by atoms with van der Waals surface area (Å²) in [6, 6.07) is 9.84. The van der Waals surface area contributed by atoms with Gasteiger partial charge in [-0.25, -0.2) is 0 Å². The van der Waals surface area contributed by atoms with E-state index in [0.717, 1.165) is 11.3 Å². The summed E-state index contributed by atoms with van der Waals surface area (Å²) in [4.78, 5) is 10.7. The maximum atomic E-state index is 11.0. The number of rotatable bonds is 4. The Hall–Kier alpha value is -2.36. The molecular weight excluding hydrogens is 264 g/mol. The number of nitrogens with one attached hydrogen (secondary N) is 1. The van der Waals surface area contributed by atoms with Gasteiger partial charge in [0.25, 0.3) is 5.69 Å². The molecule has 4 nitrogen and oxygen atoms in total. The van der Waals surface area contributed by atoms with Crippen molar-refractivity contribution in [3.05, 3.63) is 68.3 Å². The fraction of sp³-hybridized carbons (Fsp3) is 0.294. The van der Waals surface area contributed by atoms with Gasteiger partial charge in [0.1, 0.15) is 0 Å². The summed E-state index contributed by atoms with van der Waals surface area (Å²) in [5, 5.41) is 14.3. The van der Waals surface area contributed by atoms with Gasteiger partial charge in [0.05, 0.1) is 4.92 Å². The standard InChI is InChI=1S/C17H20N2O2/c1-11-5-12(2)7-15(6-11)10-18-16-9-17(19(20)21)14(4)8-13(16)3/h5-9,18H,10H2,1-4H3. The number of nitrogens with zero attached hydrogens (tertiary/aromatic N) is 1. The summed E-state index contributed by atoms with van der Waals surface area (Å²) in [6.07, 6.45) is 0. The molecule has 0 amide bonds. The number of anilines is 1. The van der Waals surface area contributed by atoms with E-state index in [1.54, 1.807) is 13.0 Å². The number of aryl methyl sites for hydroxylation is 4. The summed E-state index contributed by atoms with van der Waals surface area (Å²) in [5.41, 5.74) is 6.29. The predicted octanol–water partition coefficient (Wildman–Crippen LogP) is 4.44. The first-order chi connectivity index (χ1) is 9.86. The first-order valence-electron chi connectivity index (χ1n) is 6.93. The van der Waals surface area contributed by atoms with Crippen LogP contribution in [0.4, 0.5) is 11.4 Å². The lowest BCUT2D eigenvalue weighted by atomic mass is 10.1. The first-order valence-corrected chi connectivity index (χ1v) is 6.93. The van der Waals surface area contributed by atoms with Crippen molar-refractivity contribution in [2.45, 2.75) is 34.2 Å². The SMILES string of the molecule is Cc1cc(C)cc(CNc2cc([N+](=O)[O-])c(C)cc2C)c1. The van der Waals surface area contributed by atoms with Gasteiger partial charge in [-0.1, -0.05) is 29.3 Å². The topological polar surface area (TPSA) is 55.2 Å². The van der Waals surface area contributed by atoms with E-state index in [4.69, 9.17) is 0 Å². The third-order valence-corrected chi connectivity index (χ3v) is 3.50. The van der Waals surface area contributed by atoms with E-state index in [-0.39, 0.29) is 10.6 Å². The number of nitro groups is 1. The molecule has 0 aliphatic heterocycles. The lowest BCUT2D eigenvalue weighted by Crippen LogP contribution is -2.03. The van der Waals surface area contributed by atoms with Gasteiger partial charge in [0.2, 0.25) is 0 Å². The summed E-state index contributed by atoms with van der Waals surface area (Å²) in [6.45, 7) is 8.51. The maximum Gasteiger partial charge on any atom is 0.274 e. The zero-order valence-electron chi connectivity index (χ0n) is 12.9. The number of hydrogen-bond acceptors (Lipinski definition) is 3. The van der Waals surface area contributed by atoms with E-state index < -0.39 is 0 Å². The van der Waals surface area contributed by atoms with Crippen molar-refractivity contribution in [1.82, 2.24) is 0 Å². The van der Waals surface area contributed by atoms with Crippen molar-refractivity contribution in [2.75, 3.05) is 5.32 Å². The van der Waals surface area contributed by atoms with Crippen molar-refractivity contribution in [1.29, 1.82) is 0 Å². The van der Waals surface area contributed by atoms with Crippen molar-refractivity contribution >= 4 is 11.4 Å². The molecule has 0 bridgehead atoms. The van der Waals surface area contributed by atoms with Crippen LogP contribution in [0.2, 0.25) is 0 Å². The molecule has 2 rings (SSSR count). The normalized spacial score (nSPS) is 10.5. The van der Waals surface area contributed by atoms with Crippen LogP contribution < -0.4 is 5.32 Å². The lowest BCUT2D eigenvalue weighted by Gasteiger charge is -2.12. The molecule has 110 valence electrons. The van der Waals surface area contributed by atoms with Crippen LogP contribution in [0.5, 0.6) is 0 Å². The molecule has 0 aromatic heterocycles. The van der Waals surface area contributed by atoms with Crippen molar-refractivity contribution in [3.63, 3.8) is 0 Å². The van der Waals surface area contributed by atoms with Crippen LogP contribution in [0.25, 0.3) is 0 Å². The number of hydrogen-bond donors (Lipinski definition) is 1. The maximum absolute atomic E-state index is 11.0. The highest BCUT2D eigenvalue weighted by molar-refractivity contribution is 5.60. The predicted molar refractivity (Wildman–Crippen MR) is 85.8 cm³/mol. The minimum Gasteiger partial charge on any atom is -0.381 e. The molecule has 2 aromatic carbocycles. The monoisotopic (exact) mass is 284 g/mol. The van der Waals surface area contributed by atoms with Crippen LogP contribution in [-0.4, -0.2) is 4.92 Å². The molecular formula is C17H20N2O2. The van der Waals surface area contributed by atoms with Crippen molar-refractivity contribution in [3.8, 4) is 0 Å². The molecule has 0 aliphatic carbocycles. The molecule has 0 saturated heterocycles. The Balaban J connectivity index is 2.23. The summed E-state index contributed by atoms with van der Waals surface area (Å²) >= 11 is 0. The molecule has 4 heteroatoms. The number of nitro benzene ring substituents is 1.